The number of carboxylic acid groups (broad SMARTS) is 1. The molecule has 1 fully saturated rings. The second kappa shape index (κ2) is 6.40. The number of hydrogen-bond acceptors (Lipinski definition) is 4. The fourth-order valence-electron chi connectivity index (χ4n) is 2.55. The summed E-state index contributed by atoms with van der Waals surface area (Å²) in [4.78, 5) is 14.7. The first-order chi connectivity index (χ1) is 9.53. The van der Waals surface area contributed by atoms with Gasteiger partial charge >= 0.3 is 5.97 Å². The number of carbonyl (C=O) groups is 1. The van der Waals surface area contributed by atoms with Gasteiger partial charge in [-0.25, -0.2) is 0 Å². The molecule has 2 rings (SSSR count). The van der Waals surface area contributed by atoms with Crippen LogP contribution in [-0.4, -0.2) is 40.8 Å². The summed E-state index contributed by atoms with van der Waals surface area (Å²) in [5.74, 6) is 4.81. The van der Waals surface area contributed by atoms with Crippen LogP contribution in [0.15, 0.2) is 11.4 Å². The van der Waals surface area contributed by atoms with Crippen LogP contribution in [0, 0.1) is 17.3 Å². The number of likely N-dealkylation sites (tertiary alicyclic amines) is 1. The van der Waals surface area contributed by atoms with E-state index in [4.69, 9.17) is 5.11 Å². The Kier molecular flexibility index (Phi) is 4.81. The monoisotopic (exact) mass is 293 g/mol. The van der Waals surface area contributed by atoms with Gasteiger partial charge in [0.2, 0.25) is 0 Å². The van der Waals surface area contributed by atoms with Gasteiger partial charge in [-0.15, -0.1) is 11.3 Å². The number of nitrogens with zero attached hydrogens (tertiary/aromatic N) is 1. The Morgan fingerprint density at radius 1 is 1.60 bits per heavy atom. The van der Waals surface area contributed by atoms with Gasteiger partial charge in [-0.1, -0.05) is 11.8 Å². The van der Waals surface area contributed by atoms with Crippen molar-refractivity contribution in [1.29, 1.82) is 0 Å². The lowest BCUT2D eigenvalue weighted by Crippen LogP contribution is -2.45. The molecule has 1 saturated heterocycles. The molecule has 0 saturated carbocycles. The summed E-state index contributed by atoms with van der Waals surface area (Å²) >= 11 is 1.63. The van der Waals surface area contributed by atoms with E-state index >= 15 is 0 Å². The second-order valence-electron chi connectivity index (χ2n) is 5.44. The Morgan fingerprint density at radius 3 is 3.10 bits per heavy atom. The molecule has 1 unspecified atom stereocenters. The lowest BCUT2D eigenvalue weighted by molar-refractivity contribution is -0.151. The molecule has 1 aliphatic rings. The summed E-state index contributed by atoms with van der Waals surface area (Å²) in [6.45, 7) is 4.01. The highest BCUT2D eigenvalue weighted by atomic mass is 32.1. The number of rotatable bonds is 3. The molecular formula is C15H19NO3S. The largest absolute Gasteiger partial charge is 0.481 e. The van der Waals surface area contributed by atoms with Crippen LogP contribution in [0.2, 0.25) is 0 Å². The van der Waals surface area contributed by atoms with Crippen LogP contribution >= 0.6 is 11.3 Å². The highest BCUT2D eigenvalue weighted by molar-refractivity contribution is 7.10. The predicted molar refractivity (Wildman–Crippen MR) is 78.5 cm³/mol. The van der Waals surface area contributed by atoms with Crippen LogP contribution in [0.3, 0.4) is 0 Å². The van der Waals surface area contributed by atoms with Crippen LogP contribution in [0.25, 0.3) is 0 Å². The first-order valence-electron chi connectivity index (χ1n) is 6.66. The van der Waals surface area contributed by atoms with Crippen molar-refractivity contribution < 1.29 is 15.0 Å². The summed E-state index contributed by atoms with van der Waals surface area (Å²) in [6.07, 6.45) is 1.67. The molecule has 2 N–H and O–H groups in total. The van der Waals surface area contributed by atoms with Crippen molar-refractivity contribution in [3.05, 3.63) is 21.9 Å². The molecule has 0 aliphatic carbocycles. The lowest BCUT2D eigenvalue weighted by atomic mass is 9.82. The Labute approximate surface area is 123 Å². The Morgan fingerprint density at radius 2 is 2.40 bits per heavy atom. The minimum absolute atomic E-state index is 0.131. The topological polar surface area (TPSA) is 60.8 Å². The Hall–Kier alpha value is -1.35. The van der Waals surface area contributed by atoms with E-state index in [1.807, 2.05) is 18.4 Å². The first-order valence-corrected chi connectivity index (χ1v) is 7.54. The van der Waals surface area contributed by atoms with E-state index in [0.29, 0.717) is 6.54 Å². The molecule has 1 aliphatic heterocycles. The number of aliphatic hydroxyl groups is 1. The van der Waals surface area contributed by atoms with Crippen molar-refractivity contribution in [3.8, 4) is 11.8 Å². The van der Waals surface area contributed by atoms with Crippen LogP contribution in [0.5, 0.6) is 0 Å². The van der Waals surface area contributed by atoms with Crippen molar-refractivity contribution in [2.24, 2.45) is 5.41 Å². The molecule has 1 atom stereocenters. The van der Waals surface area contributed by atoms with Crippen LogP contribution < -0.4 is 0 Å². The van der Waals surface area contributed by atoms with Gasteiger partial charge in [-0.2, -0.15) is 0 Å². The van der Waals surface area contributed by atoms with E-state index in [-0.39, 0.29) is 6.61 Å². The third-order valence-electron chi connectivity index (χ3n) is 3.64. The van der Waals surface area contributed by atoms with Gasteiger partial charge in [-0.3, -0.25) is 9.69 Å². The van der Waals surface area contributed by atoms with E-state index < -0.39 is 11.4 Å². The zero-order valence-corrected chi connectivity index (χ0v) is 12.4. The molecule has 4 nitrogen and oxygen atoms in total. The zero-order chi connectivity index (χ0) is 14.6. The van der Waals surface area contributed by atoms with Crippen molar-refractivity contribution in [1.82, 2.24) is 4.90 Å². The number of aliphatic hydroxyl groups excluding tert-OH is 1. The maximum atomic E-state index is 11.3. The van der Waals surface area contributed by atoms with Crippen molar-refractivity contribution in [2.75, 3.05) is 19.7 Å². The fraction of sp³-hybridized carbons (Fsp3) is 0.533. The highest BCUT2D eigenvalue weighted by Crippen LogP contribution is 2.31. The van der Waals surface area contributed by atoms with Crippen molar-refractivity contribution >= 4 is 17.3 Å². The molecule has 0 radical (unpaired) electrons. The summed E-state index contributed by atoms with van der Waals surface area (Å²) in [7, 11) is 0. The quantitative estimate of drug-likeness (QED) is 0.834. The number of hydrogen-bond donors (Lipinski definition) is 2. The molecule has 0 amide bonds. The normalized spacial score (nSPS) is 23.1. The number of carboxylic acids is 1. The standard InChI is InChI=1S/C15H19NO3S/c1-15(14(18)19)5-3-6-16(11-15)9-13-8-12(10-20-13)4-2-7-17/h8,10,17H,3,5-7,9,11H2,1H3,(H,18,19). The molecule has 5 heteroatoms. The molecule has 20 heavy (non-hydrogen) atoms. The zero-order valence-electron chi connectivity index (χ0n) is 11.6. The van der Waals surface area contributed by atoms with E-state index in [1.165, 1.54) is 4.88 Å². The third kappa shape index (κ3) is 3.60. The van der Waals surface area contributed by atoms with Gasteiger partial charge in [0, 0.05) is 28.9 Å². The van der Waals surface area contributed by atoms with Crippen LogP contribution in [0.4, 0.5) is 0 Å². The average molecular weight is 293 g/mol. The first kappa shape index (κ1) is 15.0. The molecule has 1 aromatic rings. The van der Waals surface area contributed by atoms with Crippen LogP contribution in [0.1, 0.15) is 30.2 Å². The van der Waals surface area contributed by atoms with E-state index in [9.17, 15) is 9.90 Å². The Bertz CT molecular complexity index is 543. The summed E-state index contributed by atoms with van der Waals surface area (Å²) in [5, 5.41) is 20.0. The molecule has 108 valence electrons. The molecule has 0 spiro atoms. The molecule has 1 aromatic heterocycles. The minimum Gasteiger partial charge on any atom is -0.481 e. The number of aliphatic carboxylic acids is 1. The maximum absolute atomic E-state index is 11.3. The fourth-order valence-corrected chi connectivity index (χ4v) is 3.40. The highest BCUT2D eigenvalue weighted by Gasteiger charge is 2.37. The molecule has 0 bridgehead atoms. The molecule has 2 heterocycles. The minimum atomic E-state index is -0.706. The summed E-state index contributed by atoms with van der Waals surface area (Å²) < 4.78 is 0. The summed E-state index contributed by atoms with van der Waals surface area (Å²) in [5.41, 5.74) is 0.284. The number of thiophene rings is 1. The van der Waals surface area contributed by atoms with Gasteiger partial charge < -0.3 is 10.2 Å². The van der Waals surface area contributed by atoms with Gasteiger partial charge in [0.05, 0.1) is 5.41 Å². The van der Waals surface area contributed by atoms with Crippen molar-refractivity contribution in [3.63, 3.8) is 0 Å². The van der Waals surface area contributed by atoms with E-state index in [2.05, 4.69) is 16.7 Å². The Balaban J connectivity index is 1.99. The second-order valence-corrected chi connectivity index (χ2v) is 6.44. The van der Waals surface area contributed by atoms with Gasteiger partial charge in [0.25, 0.3) is 0 Å². The lowest BCUT2D eigenvalue weighted by Gasteiger charge is -2.37. The molecular weight excluding hydrogens is 274 g/mol. The third-order valence-corrected chi connectivity index (χ3v) is 4.56. The van der Waals surface area contributed by atoms with Gasteiger partial charge in [0.1, 0.15) is 6.61 Å². The molecule has 0 aromatic carbocycles. The van der Waals surface area contributed by atoms with Gasteiger partial charge in [-0.05, 0) is 32.4 Å². The summed E-state index contributed by atoms with van der Waals surface area (Å²) in [6, 6.07) is 2.01. The van der Waals surface area contributed by atoms with Crippen LogP contribution in [-0.2, 0) is 11.3 Å². The SMILES string of the molecule is CC1(C(=O)O)CCCN(Cc2cc(C#CCO)cs2)C1. The van der Waals surface area contributed by atoms with Gasteiger partial charge in [0.15, 0.2) is 0 Å². The smallest absolute Gasteiger partial charge is 0.310 e. The maximum Gasteiger partial charge on any atom is 0.310 e. The number of piperidine rings is 1. The van der Waals surface area contributed by atoms with Crippen molar-refractivity contribution in [2.45, 2.75) is 26.3 Å². The van der Waals surface area contributed by atoms with E-state index in [0.717, 1.165) is 31.5 Å². The predicted octanol–water partition coefficient (Wildman–Crippen LogP) is 1.78. The van der Waals surface area contributed by atoms with E-state index in [1.54, 1.807) is 11.3 Å². The average Bonchev–Trinajstić information content (AvgIpc) is 2.84.